The molecule has 0 heterocycles. The van der Waals surface area contributed by atoms with E-state index in [0.717, 1.165) is 26.2 Å². The molecule has 0 radical (unpaired) electrons. The zero-order valence-electron chi connectivity index (χ0n) is 9.14. The van der Waals surface area contributed by atoms with E-state index in [1.165, 1.54) is 6.42 Å². The molecule has 0 rings (SSSR count). The molecule has 0 bridgehead atoms. The highest BCUT2D eigenvalue weighted by molar-refractivity contribution is 4.53. The van der Waals surface area contributed by atoms with Crippen LogP contribution < -0.4 is 5.32 Å². The second-order valence-corrected chi connectivity index (χ2v) is 3.23. The molecule has 0 saturated heterocycles. The lowest BCUT2D eigenvalue weighted by molar-refractivity contribution is 0.0406. The van der Waals surface area contributed by atoms with E-state index in [0.29, 0.717) is 12.6 Å². The molecular formula is C10H23NO2. The molecule has 3 nitrogen and oxygen atoms in total. The van der Waals surface area contributed by atoms with Gasteiger partial charge in [-0.1, -0.05) is 13.3 Å². The molecule has 0 aliphatic carbocycles. The van der Waals surface area contributed by atoms with Crippen LogP contribution in [0.15, 0.2) is 0 Å². The van der Waals surface area contributed by atoms with Crippen molar-refractivity contribution >= 4 is 0 Å². The van der Waals surface area contributed by atoms with Crippen molar-refractivity contribution < 1.29 is 9.47 Å². The minimum absolute atomic E-state index is 0.427. The van der Waals surface area contributed by atoms with Gasteiger partial charge in [0.05, 0.1) is 19.8 Å². The monoisotopic (exact) mass is 189 g/mol. The number of unbranched alkanes of at least 4 members (excludes halogenated alkanes) is 1. The van der Waals surface area contributed by atoms with E-state index in [2.05, 4.69) is 19.2 Å². The number of hydrogen-bond donors (Lipinski definition) is 1. The maximum absolute atomic E-state index is 5.38. The molecule has 1 N–H and O–H groups in total. The molecule has 0 aromatic heterocycles. The Labute approximate surface area is 81.8 Å². The second-order valence-electron chi connectivity index (χ2n) is 3.23. The summed E-state index contributed by atoms with van der Waals surface area (Å²) in [5.41, 5.74) is 0. The highest BCUT2D eigenvalue weighted by Gasteiger charge is 1.96. The number of likely N-dealkylation sites (N-methyl/N-ethyl adjacent to an activating group) is 1. The number of ether oxygens (including phenoxy) is 2. The number of hydrogen-bond acceptors (Lipinski definition) is 3. The standard InChI is InChI=1S/C10H23NO2/c1-4-5-6-12-7-8-13-9-10(2)11-3/h10-11H,4-9H2,1-3H3. The molecule has 0 aromatic carbocycles. The van der Waals surface area contributed by atoms with Crippen LogP contribution in [0.1, 0.15) is 26.7 Å². The lowest BCUT2D eigenvalue weighted by atomic mass is 10.4. The van der Waals surface area contributed by atoms with Gasteiger partial charge in [-0.2, -0.15) is 0 Å². The van der Waals surface area contributed by atoms with Crippen molar-refractivity contribution in [2.24, 2.45) is 0 Å². The van der Waals surface area contributed by atoms with Gasteiger partial charge in [-0.05, 0) is 20.4 Å². The SMILES string of the molecule is CCCCOCCOCC(C)NC. The first-order valence-electron chi connectivity index (χ1n) is 5.14. The summed E-state index contributed by atoms with van der Waals surface area (Å²) in [5.74, 6) is 0. The molecule has 13 heavy (non-hydrogen) atoms. The van der Waals surface area contributed by atoms with E-state index >= 15 is 0 Å². The highest BCUT2D eigenvalue weighted by Crippen LogP contribution is 1.88. The Morgan fingerprint density at radius 3 is 2.46 bits per heavy atom. The van der Waals surface area contributed by atoms with Crippen molar-refractivity contribution in [1.29, 1.82) is 0 Å². The molecule has 3 heteroatoms. The van der Waals surface area contributed by atoms with Crippen LogP contribution in [0.25, 0.3) is 0 Å². The fourth-order valence-electron chi connectivity index (χ4n) is 0.810. The van der Waals surface area contributed by atoms with Gasteiger partial charge in [-0.3, -0.25) is 0 Å². The molecular weight excluding hydrogens is 166 g/mol. The summed E-state index contributed by atoms with van der Waals surface area (Å²) in [6.07, 6.45) is 2.34. The zero-order valence-corrected chi connectivity index (χ0v) is 9.14. The van der Waals surface area contributed by atoms with Gasteiger partial charge in [0.25, 0.3) is 0 Å². The maximum Gasteiger partial charge on any atom is 0.0701 e. The van der Waals surface area contributed by atoms with E-state index < -0.39 is 0 Å². The van der Waals surface area contributed by atoms with Crippen molar-refractivity contribution in [3.63, 3.8) is 0 Å². The van der Waals surface area contributed by atoms with E-state index in [9.17, 15) is 0 Å². The topological polar surface area (TPSA) is 30.5 Å². The van der Waals surface area contributed by atoms with Gasteiger partial charge in [0.15, 0.2) is 0 Å². The molecule has 0 amide bonds. The van der Waals surface area contributed by atoms with Gasteiger partial charge >= 0.3 is 0 Å². The summed E-state index contributed by atoms with van der Waals surface area (Å²) >= 11 is 0. The molecule has 1 unspecified atom stereocenters. The predicted octanol–water partition coefficient (Wildman–Crippen LogP) is 1.43. The number of nitrogens with one attached hydrogen (secondary N) is 1. The fourth-order valence-corrected chi connectivity index (χ4v) is 0.810. The van der Waals surface area contributed by atoms with Crippen LogP contribution in [0.5, 0.6) is 0 Å². The maximum atomic E-state index is 5.38. The van der Waals surface area contributed by atoms with Gasteiger partial charge in [-0.25, -0.2) is 0 Å². The lowest BCUT2D eigenvalue weighted by Gasteiger charge is -2.10. The van der Waals surface area contributed by atoms with E-state index in [4.69, 9.17) is 9.47 Å². The van der Waals surface area contributed by atoms with E-state index in [1.807, 2.05) is 7.05 Å². The third-order valence-electron chi connectivity index (χ3n) is 1.87. The minimum atomic E-state index is 0.427. The van der Waals surface area contributed by atoms with E-state index in [1.54, 1.807) is 0 Å². The summed E-state index contributed by atoms with van der Waals surface area (Å²) in [5, 5.41) is 3.11. The summed E-state index contributed by atoms with van der Waals surface area (Å²) in [6.45, 7) is 7.30. The Hall–Kier alpha value is -0.120. The first-order valence-corrected chi connectivity index (χ1v) is 5.14. The Bertz CT molecular complexity index is 98.9. The van der Waals surface area contributed by atoms with Crippen molar-refractivity contribution in [3.05, 3.63) is 0 Å². The van der Waals surface area contributed by atoms with Crippen LogP contribution in [-0.2, 0) is 9.47 Å². The van der Waals surface area contributed by atoms with Crippen LogP contribution in [0.3, 0.4) is 0 Å². The van der Waals surface area contributed by atoms with Crippen LogP contribution in [-0.4, -0.2) is 39.5 Å². The average molecular weight is 189 g/mol. The Kier molecular flexibility index (Phi) is 9.87. The molecule has 0 saturated carbocycles. The van der Waals surface area contributed by atoms with Gasteiger partial charge in [0.1, 0.15) is 0 Å². The zero-order chi connectivity index (χ0) is 9.94. The summed E-state index contributed by atoms with van der Waals surface area (Å²) in [6, 6.07) is 0.427. The highest BCUT2D eigenvalue weighted by atomic mass is 16.5. The molecule has 0 spiro atoms. The van der Waals surface area contributed by atoms with Gasteiger partial charge < -0.3 is 14.8 Å². The van der Waals surface area contributed by atoms with Gasteiger partial charge in [0.2, 0.25) is 0 Å². The summed E-state index contributed by atoms with van der Waals surface area (Å²) in [4.78, 5) is 0. The lowest BCUT2D eigenvalue weighted by Crippen LogP contribution is -2.27. The van der Waals surface area contributed by atoms with Crippen molar-refractivity contribution in [3.8, 4) is 0 Å². The Balaban J connectivity index is 2.91. The predicted molar refractivity (Wildman–Crippen MR) is 55.1 cm³/mol. The van der Waals surface area contributed by atoms with Crippen LogP contribution in [0.4, 0.5) is 0 Å². The smallest absolute Gasteiger partial charge is 0.0701 e. The van der Waals surface area contributed by atoms with Crippen LogP contribution >= 0.6 is 0 Å². The van der Waals surface area contributed by atoms with E-state index in [-0.39, 0.29) is 0 Å². The number of rotatable bonds is 9. The second kappa shape index (κ2) is 9.96. The molecule has 0 aliphatic rings. The first-order chi connectivity index (χ1) is 6.31. The molecule has 0 aromatic rings. The quantitative estimate of drug-likeness (QED) is 0.557. The van der Waals surface area contributed by atoms with Gasteiger partial charge in [0, 0.05) is 12.6 Å². The average Bonchev–Trinajstić information content (AvgIpc) is 2.16. The van der Waals surface area contributed by atoms with Crippen molar-refractivity contribution in [2.75, 3.05) is 33.5 Å². The van der Waals surface area contributed by atoms with Crippen LogP contribution in [0, 0.1) is 0 Å². The summed E-state index contributed by atoms with van der Waals surface area (Å²) in [7, 11) is 1.94. The normalized spacial score (nSPS) is 13.2. The molecule has 0 fully saturated rings. The van der Waals surface area contributed by atoms with Crippen molar-refractivity contribution in [2.45, 2.75) is 32.7 Å². The molecule has 1 atom stereocenters. The first kappa shape index (κ1) is 12.9. The third kappa shape index (κ3) is 9.80. The minimum Gasteiger partial charge on any atom is -0.379 e. The molecule has 0 aliphatic heterocycles. The largest absolute Gasteiger partial charge is 0.379 e. The van der Waals surface area contributed by atoms with Crippen LogP contribution in [0.2, 0.25) is 0 Å². The molecule has 80 valence electrons. The summed E-state index contributed by atoms with van der Waals surface area (Å²) < 4.78 is 10.7. The van der Waals surface area contributed by atoms with Gasteiger partial charge in [-0.15, -0.1) is 0 Å². The Morgan fingerprint density at radius 1 is 1.15 bits per heavy atom. The fraction of sp³-hybridized carbons (Fsp3) is 1.00. The van der Waals surface area contributed by atoms with Crippen molar-refractivity contribution in [1.82, 2.24) is 5.32 Å². The third-order valence-corrected chi connectivity index (χ3v) is 1.87. The Morgan fingerprint density at radius 2 is 1.85 bits per heavy atom.